The lowest BCUT2D eigenvalue weighted by Gasteiger charge is -2.24. The van der Waals surface area contributed by atoms with E-state index in [-0.39, 0.29) is 23.2 Å². The van der Waals surface area contributed by atoms with Gasteiger partial charge >= 0.3 is 0 Å². The van der Waals surface area contributed by atoms with E-state index in [9.17, 15) is 14.0 Å². The third-order valence-corrected chi connectivity index (χ3v) is 5.50. The maximum absolute atomic E-state index is 14.1. The lowest BCUT2D eigenvalue weighted by molar-refractivity contribution is 0.0716. The van der Waals surface area contributed by atoms with Gasteiger partial charge < -0.3 is 10.2 Å². The summed E-state index contributed by atoms with van der Waals surface area (Å²) in [5.41, 5.74) is 1.14. The van der Waals surface area contributed by atoms with E-state index in [4.69, 9.17) is 11.6 Å². The van der Waals surface area contributed by atoms with Gasteiger partial charge in [-0.3, -0.25) is 9.59 Å². The quantitative estimate of drug-likeness (QED) is 0.636. The second-order valence-corrected chi connectivity index (χ2v) is 7.85. The molecule has 0 saturated carbocycles. The second kappa shape index (κ2) is 9.26. The molecular formula is C22H21ClFN5O2. The molecule has 9 heteroatoms. The Morgan fingerprint density at radius 1 is 1.19 bits per heavy atom. The molecule has 1 aliphatic rings. The van der Waals surface area contributed by atoms with E-state index in [0.29, 0.717) is 24.7 Å². The molecule has 7 nitrogen and oxygen atoms in total. The number of carbonyl (C=O) groups excluding carboxylic acids is 2. The zero-order valence-electron chi connectivity index (χ0n) is 16.7. The van der Waals surface area contributed by atoms with Crippen LogP contribution in [-0.2, 0) is 13.1 Å². The van der Waals surface area contributed by atoms with Crippen molar-refractivity contribution < 1.29 is 14.0 Å². The summed E-state index contributed by atoms with van der Waals surface area (Å²) < 4.78 is 15.7. The van der Waals surface area contributed by atoms with Crippen molar-refractivity contribution in [1.82, 2.24) is 25.2 Å². The number of likely N-dealkylation sites (tertiary alicyclic amines) is 1. The zero-order valence-corrected chi connectivity index (χ0v) is 17.4. The molecule has 160 valence electrons. The third kappa shape index (κ3) is 4.91. The monoisotopic (exact) mass is 441 g/mol. The van der Waals surface area contributed by atoms with Gasteiger partial charge in [-0.1, -0.05) is 47.1 Å². The maximum atomic E-state index is 14.1. The van der Waals surface area contributed by atoms with E-state index in [1.807, 2.05) is 30.3 Å². The molecule has 0 spiro atoms. The fraction of sp³-hybridized carbons (Fsp3) is 0.273. The Morgan fingerprint density at radius 3 is 2.81 bits per heavy atom. The van der Waals surface area contributed by atoms with Gasteiger partial charge in [0.1, 0.15) is 5.82 Å². The number of aromatic nitrogens is 3. The first-order valence-corrected chi connectivity index (χ1v) is 10.4. The number of halogens is 2. The van der Waals surface area contributed by atoms with Gasteiger partial charge in [-0.2, -0.15) is 0 Å². The number of carbonyl (C=O) groups is 2. The fourth-order valence-electron chi connectivity index (χ4n) is 3.69. The number of hydrogen-bond acceptors (Lipinski definition) is 4. The van der Waals surface area contributed by atoms with E-state index in [0.717, 1.165) is 18.4 Å². The SMILES string of the molecule is O=C(NCc1ccccc1)c1cn(CC2CCCN2C(=O)c2cc(Cl)ccc2F)nn1. The van der Waals surface area contributed by atoms with Crippen LogP contribution < -0.4 is 5.32 Å². The van der Waals surface area contributed by atoms with Gasteiger partial charge in [0.05, 0.1) is 24.3 Å². The summed E-state index contributed by atoms with van der Waals surface area (Å²) in [6.45, 7) is 1.28. The highest BCUT2D eigenvalue weighted by Crippen LogP contribution is 2.24. The number of amides is 2. The standard InChI is InChI=1S/C22H21ClFN5O2/c23-16-8-9-19(24)18(11-16)22(31)29-10-4-7-17(29)13-28-14-20(26-27-28)21(30)25-12-15-5-2-1-3-6-15/h1-3,5-6,8-9,11,14,17H,4,7,10,12-13H2,(H,25,30). The first-order valence-electron chi connectivity index (χ1n) is 9.99. The molecule has 0 radical (unpaired) electrons. The minimum Gasteiger partial charge on any atom is -0.347 e. The minimum absolute atomic E-state index is 0.0426. The molecular weight excluding hydrogens is 421 g/mol. The summed E-state index contributed by atoms with van der Waals surface area (Å²) in [7, 11) is 0. The number of rotatable bonds is 6. The molecule has 1 atom stereocenters. The number of hydrogen-bond donors (Lipinski definition) is 1. The van der Waals surface area contributed by atoms with Crippen molar-refractivity contribution in [2.45, 2.75) is 32.0 Å². The second-order valence-electron chi connectivity index (χ2n) is 7.41. The highest BCUT2D eigenvalue weighted by atomic mass is 35.5. The minimum atomic E-state index is -0.599. The van der Waals surface area contributed by atoms with E-state index >= 15 is 0 Å². The van der Waals surface area contributed by atoms with Crippen molar-refractivity contribution >= 4 is 23.4 Å². The molecule has 31 heavy (non-hydrogen) atoms. The molecule has 1 saturated heterocycles. The van der Waals surface area contributed by atoms with Crippen molar-refractivity contribution in [2.24, 2.45) is 0 Å². The van der Waals surface area contributed by atoms with Gasteiger partial charge in [0.15, 0.2) is 5.69 Å². The van der Waals surface area contributed by atoms with E-state index in [1.54, 1.807) is 15.8 Å². The van der Waals surface area contributed by atoms with Gasteiger partial charge in [0.25, 0.3) is 11.8 Å². The third-order valence-electron chi connectivity index (χ3n) is 5.26. The van der Waals surface area contributed by atoms with E-state index in [1.165, 1.54) is 18.2 Å². The molecule has 1 aromatic heterocycles. The molecule has 3 aromatic rings. The molecule has 1 N–H and O–H groups in total. The number of nitrogens with zero attached hydrogens (tertiary/aromatic N) is 4. The van der Waals surface area contributed by atoms with Crippen molar-refractivity contribution in [2.75, 3.05) is 6.54 Å². The predicted molar refractivity (Wildman–Crippen MR) is 113 cm³/mol. The molecule has 2 amide bonds. The lowest BCUT2D eigenvalue weighted by atomic mass is 10.1. The van der Waals surface area contributed by atoms with Crippen LogP contribution in [0.25, 0.3) is 0 Å². The smallest absolute Gasteiger partial charge is 0.273 e. The van der Waals surface area contributed by atoms with Crippen LogP contribution >= 0.6 is 11.6 Å². The van der Waals surface area contributed by atoms with Crippen LogP contribution in [0.1, 0.15) is 39.3 Å². The summed E-state index contributed by atoms with van der Waals surface area (Å²) in [5, 5.41) is 11.1. The van der Waals surface area contributed by atoms with E-state index < -0.39 is 11.7 Å². The molecule has 0 aliphatic carbocycles. The summed E-state index contributed by atoms with van der Waals surface area (Å²) in [6.07, 6.45) is 3.11. The molecule has 2 aromatic carbocycles. The Bertz CT molecular complexity index is 1090. The Morgan fingerprint density at radius 2 is 2.00 bits per heavy atom. The van der Waals surface area contributed by atoms with Crippen LogP contribution in [-0.4, -0.2) is 44.3 Å². The van der Waals surface area contributed by atoms with Crippen LogP contribution in [0.3, 0.4) is 0 Å². The molecule has 2 heterocycles. The van der Waals surface area contributed by atoms with Gasteiger partial charge in [-0.15, -0.1) is 5.10 Å². The average molecular weight is 442 g/mol. The fourth-order valence-corrected chi connectivity index (χ4v) is 3.86. The van der Waals surface area contributed by atoms with Crippen LogP contribution in [0.15, 0.2) is 54.7 Å². The normalized spacial score (nSPS) is 15.8. The number of nitrogens with one attached hydrogen (secondary N) is 1. The Labute approximate surface area is 183 Å². The highest BCUT2D eigenvalue weighted by Gasteiger charge is 2.31. The zero-order chi connectivity index (χ0) is 21.8. The molecule has 0 bridgehead atoms. The first-order chi connectivity index (χ1) is 15.0. The van der Waals surface area contributed by atoms with Crippen LogP contribution in [0.4, 0.5) is 4.39 Å². The van der Waals surface area contributed by atoms with Crippen molar-refractivity contribution in [3.63, 3.8) is 0 Å². The molecule has 4 rings (SSSR count). The largest absolute Gasteiger partial charge is 0.347 e. The van der Waals surface area contributed by atoms with Gasteiger partial charge in [-0.05, 0) is 36.6 Å². The van der Waals surface area contributed by atoms with Crippen molar-refractivity contribution in [3.8, 4) is 0 Å². The predicted octanol–water partition coefficient (Wildman–Crippen LogP) is 3.31. The summed E-state index contributed by atoms with van der Waals surface area (Å²) in [4.78, 5) is 26.9. The van der Waals surface area contributed by atoms with Gasteiger partial charge in [0, 0.05) is 18.1 Å². The van der Waals surface area contributed by atoms with Gasteiger partial charge in [0.2, 0.25) is 0 Å². The van der Waals surface area contributed by atoms with Crippen LogP contribution in [0, 0.1) is 5.82 Å². The highest BCUT2D eigenvalue weighted by molar-refractivity contribution is 6.31. The van der Waals surface area contributed by atoms with Crippen LogP contribution in [0.5, 0.6) is 0 Å². The van der Waals surface area contributed by atoms with Crippen molar-refractivity contribution in [1.29, 1.82) is 0 Å². The summed E-state index contributed by atoms with van der Waals surface area (Å²) in [5.74, 6) is -1.32. The maximum Gasteiger partial charge on any atom is 0.273 e. The lowest BCUT2D eigenvalue weighted by Crippen LogP contribution is -2.38. The Hall–Kier alpha value is -3.26. The van der Waals surface area contributed by atoms with E-state index in [2.05, 4.69) is 15.6 Å². The van der Waals surface area contributed by atoms with Crippen molar-refractivity contribution in [3.05, 3.63) is 82.4 Å². The number of benzene rings is 2. The first kappa shape index (κ1) is 21.0. The Kier molecular flexibility index (Phi) is 6.27. The topological polar surface area (TPSA) is 80.1 Å². The summed E-state index contributed by atoms with van der Waals surface area (Å²) >= 11 is 5.93. The molecule has 1 unspecified atom stereocenters. The molecule has 1 aliphatic heterocycles. The van der Waals surface area contributed by atoms with Crippen LogP contribution in [0.2, 0.25) is 5.02 Å². The van der Waals surface area contributed by atoms with Gasteiger partial charge in [-0.25, -0.2) is 9.07 Å². The summed E-state index contributed by atoms with van der Waals surface area (Å²) in [6, 6.07) is 13.3. The molecule has 1 fully saturated rings. The average Bonchev–Trinajstić information content (AvgIpc) is 3.44. The Balaban J connectivity index is 1.39.